The number of benzene rings is 3. The van der Waals surface area contributed by atoms with E-state index in [9.17, 15) is 54.3 Å². The Hall–Kier alpha value is -10.4. The van der Waals surface area contributed by atoms with Gasteiger partial charge >= 0.3 is 24.0 Å². The number of rotatable bonds is 17. The number of carboxylic acids is 1. The van der Waals surface area contributed by atoms with Gasteiger partial charge in [-0.25, -0.2) is 72.7 Å². The minimum atomic E-state index is -3.83. The van der Waals surface area contributed by atoms with Crippen LogP contribution in [0.4, 0.5) is 16.4 Å². The van der Waals surface area contributed by atoms with E-state index in [1.807, 2.05) is 87.5 Å². The molecule has 0 spiro atoms. The molecule has 9 aliphatic carbocycles. The van der Waals surface area contributed by atoms with Crippen LogP contribution >= 0.6 is 0 Å². The highest BCUT2D eigenvalue weighted by Gasteiger charge is 2.56. The molecule has 7 heterocycles. The molecule has 2 amide bonds. The third kappa shape index (κ3) is 17.7. The molecule has 3 aromatic carbocycles. The molecule has 19 rings (SSSR count). The molecular formula is C83H104N16O15S3. The van der Waals surface area contributed by atoms with Gasteiger partial charge in [0.15, 0.2) is 34.2 Å². The first-order valence-corrected chi connectivity index (χ1v) is 43.8. The van der Waals surface area contributed by atoms with Crippen molar-refractivity contribution in [3.05, 3.63) is 151 Å². The Labute approximate surface area is 680 Å². The molecular weight excluding hydrogens is 1560 g/mol. The normalized spacial score (nSPS) is 23.0. The molecule has 117 heavy (non-hydrogen) atoms. The molecule has 0 unspecified atom stereocenters. The first-order chi connectivity index (χ1) is 54.9. The van der Waals surface area contributed by atoms with Gasteiger partial charge in [-0.1, -0.05) is 53.1 Å². The second kappa shape index (κ2) is 31.4. The molecule has 0 aliphatic heterocycles. The van der Waals surface area contributed by atoms with Gasteiger partial charge in [0.05, 0.1) is 62.5 Å². The number of esters is 2. The molecule has 624 valence electrons. The molecule has 0 atom stereocenters. The highest BCUT2D eigenvalue weighted by Crippen LogP contribution is 2.61. The van der Waals surface area contributed by atoms with Gasteiger partial charge in [-0.15, -0.1) is 10.2 Å². The van der Waals surface area contributed by atoms with Crippen LogP contribution in [0, 0.1) is 42.4 Å². The van der Waals surface area contributed by atoms with Crippen LogP contribution in [-0.4, -0.2) is 134 Å². The number of amides is 2. The van der Waals surface area contributed by atoms with Crippen molar-refractivity contribution in [1.82, 2.24) is 62.2 Å². The average molecular weight is 1660 g/mol. The molecule has 0 radical (unpaired) electrons. The van der Waals surface area contributed by atoms with Gasteiger partial charge < -0.3 is 30.1 Å². The van der Waals surface area contributed by atoms with Crippen LogP contribution in [-0.2, 0) is 68.9 Å². The first-order valence-electron chi connectivity index (χ1n) is 39.5. The van der Waals surface area contributed by atoms with Crippen molar-refractivity contribution in [3.63, 3.8) is 0 Å². The molecule has 10 aromatic rings. The van der Waals surface area contributed by atoms with Crippen LogP contribution in [0.15, 0.2) is 143 Å². The van der Waals surface area contributed by atoms with Crippen molar-refractivity contribution < 1.29 is 68.5 Å². The number of hydrogen-bond donors (Lipinski definition) is 6. The Morgan fingerprint density at radius 3 is 1.27 bits per heavy atom. The van der Waals surface area contributed by atoms with Crippen LogP contribution in [0.2, 0.25) is 0 Å². The summed E-state index contributed by atoms with van der Waals surface area (Å²) in [6.45, 7) is 22.5. The fraction of sp³-hybridized carbons (Fsp3) is 0.494. The minimum Gasteiger partial charge on any atom is -0.481 e. The third-order valence-electron chi connectivity index (χ3n) is 24.0. The van der Waals surface area contributed by atoms with Gasteiger partial charge in [0, 0.05) is 29.5 Å². The quantitative estimate of drug-likeness (QED) is 0.0213. The predicted molar refractivity (Wildman–Crippen MR) is 437 cm³/mol. The van der Waals surface area contributed by atoms with Gasteiger partial charge in [0.2, 0.25) is 5.91 Å². The lowest BCUT2D eigenvalue weighted by Gasteiger charge is -2.52. The predicted octanol–water partition coefficient (Wildman–Crippen LogP) is 13.4. The lowest BCUT2D eigenvalue weighted by atomic mass is 9.52. The van der Waals surface area contributed by atoms with E-state index in [1.54, 1.807) is 103 Å². The molecule has 6 bridgehead atoms. The molecule has 0 saturated heterocycles. The number of anilines is 2. The van der Waals surface area contributed by atoms with Crippen LogP contribution in [0.3, 0.4) is 0 Å². The molecule has 31 nitrogen and oxygen atoms in total. The van der Waals surface area contributed by atoms with Crippen LogP contribution in [0.5, 0.6) is 0 Å². The summed E-state index contributed by atoms with van der Waals surface area (Å²) < 4.78 is 100. The van der Waals surface area contributed by atoms with E-state index in [-0.39, 0.29) is 65.6 Å². The Morgan fingerprint density at radius 2 is 0.855 bits per heavy atom. The molecule has 9 aliphatic rings. The fourth-order valence-electron chi connectivity index (χ4n) is 17.3. The van der Waals surface area contributed by atoms with E-state index < -0.39 is 69.8 Å². The Morgan fingerprint density at radius 1 is 0.470 bits per heavy atom. The molecule has 9 saturated carbocycles. The number of aliphatic carboxylic acids is 1. The van der Waals surface area contributed by atoms with Crippen LogP contribution in [0.1, 0.15) is 213 Å². The summed E-state index contributed by atoms with van der Waals surface area (Å²) in [7, 11) is -11.3. The number of nitrogens with two attached hydrogens (primary N) is 1. The number of nitrogens with one attached hydrogen (secondary N) is 4. The smallest absolute Gasteiger partial charge is 0.408 e. The van der Waals surface area contributed by atoms with Crippen molar-refractivity contribution in [3.8, 4) is 0 Å². The van der Waals surface area contributed by atoms with Crippen molar-refractivity contribution >= 4 is 111 Å². The van der Waals surface area contributed by atoms with Gasteiger partial charge in [-0.3, -0.25) is 34.4 Å². The lowest BCUT2D eigenvalue weighted by molar-refractivity contribution is -0.166. The summed E-state index contributed by atoms with van der Waals surface area (Å²) in [4.78, 5) is 83.6. The SMILES string of the molecule is CC(C)(C)OC(=O)CC12CCC(C(=O)O)(CC1)CC2.Cc1ccc(S(=O)(=O)n2ccc3c2ncc2nnc(C45CCC(CC(=O)OC(C)(C)C)(CC4)CC5)n23)cc1.Cc1ccc(S(=O)(=O)n2ccc3nc(NN)cnc32)cc1.Cc1ccc(S(=O)(=O)n2ccc3nc(NNC(=O)C45CCC(NC(=O)OC(C)(C)C)(CC4)CC5)cnc32)cc1. The van der Waals surface area contributed by atoms with Crippen molar-refractivity contribution in [2.24, 2.45) is 27.5 Å². The maximum atomic E-state index is 13.5. The summed E-state index contributed by atoms with van der Waals surface area (Å²) in [6.07, 6.45) is 23.5. The van der Waals surface area contributed by atoms with E-state index in [4.69, 9.17) is 20.1 Å². The third-order valence-corrected chi connectivity index (χ3v) is 29.1. The van der Waals surface area contributed by atoms with Crippen LogP contribution in [0.25, 0.3) is 39.1 Å². The highest BCUT2D eigenvalue weighted by atomic mass is 32.2. The number of fused-ring (bicyclic) bond motifs is 14. The van der Waals surface area contributed by atoms with E-state index in [0.717, 1.165) is 88.2 Å². The van der Waals surface area contributed by atoms with Gasteiger partial charge in [-0.05, 0) is 264 Å². The number of aryl methyl sites for hydroxylation is 3. The number of hydrazine groups is 2. The van der Waals surface area contributed by atoms with Gasteiger partial charge in [0.25, 0.3) is 30.1 Å². The van der Waals surface area contributed by atoms with E-state index in [1.165, 1.54) is 28.8 Å². The number of aromatic nitrogens is 11. The standard InChI is InChI=1S/C28H33N5O4S.C27H34N6O5S.C15H24O4.C13H13N5O2S/c1-19-5-7-20(8-6-19)38(35,36)32-16-9-21-24(32)29-18-22-30-31-25(33(21)22)28-13-10-27(11-14-28,12-15-28)17-23(34)37-26(2,3)4;1-18-5-7-19(8-6-18)39(36,37)33-16-9-20-22(33)28-17-21(29-20)31-32-23(34)26-10-13-27(14-11-26,15-12-26)30-24(35)38-25(2,3)4;1-13(2,3)19-11(16)10-14-4-7-15(8-5-14,9-6-14)12(17)18;1-9-2-4-10(5-3-9)21(19,20)18-7-6-11-13(18)15-8-12(16-11)17-14/h5-9,16,18H,10-15,17H2,1-4H3;5-9,16-17H,10-15H2,1-4H3,(H,29,31)(H,30,35)(H,32,34);4-10H2,1-3H3,(H,17,18);2-8H,14H2,1H3,(H,16,17). The number of carbonyl (C=O) groups excluding carboxylic acids is 4. The Balaban J connectivity index is 0.000000142. The zero-order chi connectivity index (χ0) is 84.3. The maximum Gasteiger partial charge on any atom is 0.408 e. The number of nitrogen functional groups attached to an aromatic ring is 1. The average Bonchev–Trinajstić information content (AvgIpc) is 1.61. The summed E-state index contributed by atoms with van der Waals surface area (Å²) in [6, 6.07) is 25.0. The number of alkyl carbamates (subject to hydrolysis) is 1. The van der Waals surface area contributed by atoms with Crippen molar-refractivity contribution in [2.45, 2.75) is 254 Å². The Kier molecular flexibility index (Phi) is 22.7. The monoisotopic (exact) mass is 1660 g/mol. The topological polar surface area (TPSA) is 419 Å². The largest absolute Gasteiger partial charge is 0.481 e. The molecule has 7 aromatic heterocycles. The zero-order valence-electron chi connectivity index (χ0n) is 68.2. The molecule has 7 N–H and O–H groups in total. The lowest BCUT2D eigenvalue weighted by Crippen LogP contribution is -2.60. The van der Waals surface area contributed by atoms with E-state index >= 15 is 0 Å². The number of ether oxygens (including phenoxy) is 3. The number of carboxylic acid groups (broad SMARTS) is 1. The van der Waals surface area contributed by atoms with Gasteiger partial charge in [0.1, 0.15) is 33.7 Å². The number of hydrogen-bond acceptors (Lipinski definition) is 24. The summed E-state index contributed by atoms with van der Waals surface area (Å²) in [5, 5.41) is 21.4. The number of carbonyl (C=O) groups is 5. The minimum absolute atomic E-state index is 0.000463. The zero-order valence-corrected chi connectivity index (χ0v) is 70.6. The van der Waals surface area contributed by atoms with Crippen molar-refractivity contribution in [1.29, 1.82) is 0 Å². The molecule has 34 heteroatoms. The Bertz CT molecular complexity index is 5750. The van der Waals surface area contributed by atoms with E-state index in [2.05, 4.69) is 56.7 Å². The van der Waals surface area contributed by atoms with E-state index in [0.29, 0.717) is 110 Å². The maximum absolute atomic E-state index is 13.5. The van der Waals surface area contributed by atoms with Crippen molar-refractivity contribution in [2.75, 3.05) is 10.9 Å². The fourth-order valence-corrected chi connectivity index (χ4v) is 21.2. The van der Waals surface area contributed by atoms with Gasteiger partial charge in [-0.2, -0.15) is 0 Å². The summed E-state index contributed by atoms with van der Waals surface area (Å²) >= 11 is 0. The summed E-state index contributed by atoms with van der Waals surface area (Å²) in [5.41, 5.74) is 10.8. The first kappa shape index (κ1) is 84.5. The summed E-state index contributed by atoms with van der Waals surface area (Å²) in [5.74, 6) is 5.74. The second-order valence-electron chi connectivity index (χ2n) is 35.7. The molecule has 9 fully saturated rings. The number of nitrogens with zero attached hydrogens (tertiary/aromatic N) is 11. The second-order valence-corrected chi connectivity index (χ2v) is 41.1. The highest BCUT2D eigenvalue weighted by molar-refractivity contribution is 7.90. The van der Waals surface area contributed by atoms with Crippen LogP contribution < -0.4 is 27.4 Å².